The van der Waals surface area contributed by atoms with Gasteiger partial charge in [-0.15, -0.1) is 0 Å². The number of anilines is 1. The maximum atomic E-state index is 5.60. The summed E-state index contributed by atoms with van der Waals surface area (Å²) < 4.78 is 12.0. The van der Waals surface area contributed by atoms with Crippen molar-refractivity contribution in [1.82, 2.24) is 19.7 Å². The lowest BCUT2D eigenvalue weighted by molar-refractivity contribution is 0.367. The van der Waals surface area contributed by atoms with Crippen molar-refractivity contribution in [1.29, 1.82) is 0 Å². The van der Waals surface area contributed by atoms with Crippen LogP contribution in [-0.4, -0.2) is 34.0 Å². The molecule has 0 saturated heterocycles. The summed E-state index contributed by atoms with van der Waals surface area (Å²) in [5.41, 5.74) is 6.26. The summed E-state index contributed by atoms with van der Waals surface area (Å²) >= 11 is 0. The Balaban J connectivity index is 1.95. The summed E-state index contributed by atoms with van der Waals surface area (Å²) in [6.07, 6.45) is 5.00. The van der Waals surface area contributed by atoms with Crippen molar-refractivity contribution in [3.05, 3.63) is 24.3 Å². The maximum Gasteiger partial charge on any atom is 0.220 e. The molecule has 0 amide bonds. The molecule has 0 saturated carbocycles. The van der Waals surface area contributed by atoms with Gasteiger partial charge in [-0.25, -0.2) is 0 Å². The van der Waals surface area contributed by atoms with Gasteiger partial charge in [0.25, 0.3) is 0 Å². The highest BCUT2D eigenvalue weighted by Gasteiger charge is 2.05. The summed E-state index contributed by atoms with van der Waals surface area (Å²) in [6.45, 7) is 0.764. The Morgan fingerprint density at radius 3 is 2.42 bits per heavy atom. The number of rotatable bonds is 6. The van der Waals surface area contributed by atoms with Crippen LogP contribution < -0.4 is 15.2 Å². The van der Waals surface area contributed by atoms with E-state index >= 15 is 0 Å². The number of aromatic nitrogens is 4. The normalized spacial score (nSPS) is 10.4. The number of nitrogen functional groups attached to an aromatic ring is 1. The molecule has 2 heterocycles. The average Bonchev–Trinajstić information content (AvgIpc) is 2.84. The van der Waals surface area contributed by atoms with Crippen LogP contribution in [0.15, 0.2) is 18.5 Å². The molecule has 0 atom stereocenters. The molecule has 102 valence electrons. The van der Waals surface area contributed by atoms with E-state index in [2.05, 4.69) is 15.1 Å². The van der Waals surface area contributed by atoms with E-state index in [0.717, 1.165) is 13.0 Å². The van der Waals surface area contributed by atoms with E-state index in [-0.39, 0.29) is 0 Å². The van der Waals surface area contributed by atoms with Crippen LogP contribution >= 0.6 is 0 Å². The van der Waals surface area contributed by atoms with Gasteiger partial charge in [-0.2, -0.15) is 15.1 Å². The highest BCUT2D eigenvalue weighted by molar-refractivity contribution is 5.30. The van der Waals surface area contributed by atoms with Crippen molar-refractivity contribution in [2.24, 2.45) is 0 Å². The summed E-state index contributed by atoms with van der Waals surface area (Å²) in [5, 5.41) is 4.12. The van der Waals surface area contributed by atoms with Gasteiger partial charge >= 0.3 is 0 Å². The standard InChI is InChI=1S/C12H17N5O2/c1-18-11-6-12(19-2)16-10(15-11)4-3-5-17-8-9(13)7-14-17/h6-8H,3-5,13H2,1-2H3. The topological polar surface area (TPSA) is 88.1 Å². The van der Waals surface area contributed by atoms with E-state index in [9.17, 15) is 0 Å². The van der Waals surface area contributed by atoms with Gasteiger partial charge in [0, 0.05) is 19.2 Å². The van der Waals surface area contributed by atoms with Crippen LogP contribution in [0.4, 0.5) is 5.69 Å². The van der Waals surface area contributed by atoms with Gasteiger partial charge in [-0.05, 0) is 6.42 Å². The monoisotopic (exact) mass is 263 g/mol. The zero-order valence-corrected chi connectivity index (χ0v) is 11.0. The molecule has 0 aromatic carbocycles. The molecule has 2 rings (SSSR count). The zero-order chi connectivity index (χ0) is 13.7. The number of hydrogen-bond donors (Lipinski definition) is 1. The minimum atomic E-state index is 0.505. The number of ether oxygens (including phenoxy) is 2. The minimum Gasteiger partial charge on any atom is -0.481 e. The van der Waals surface area contributed by atoms with Crippen LogP contribution in [0.5, 0.6) is 11.8 Å². The van der Waals surface area contributed by atoms with Crippen LogP contribution in [0.3, 0.4) is 0 Å². The first-order valence-corrected chi connectivity index (χ1v) is 5.95. The Labute approximate surface area is 111 Å². The second kappa shape index (κ2) is 6.03. The fourth-order valence-corrected chi connectivity index (χ4v) is 1.67. The van der Waals surface area contributed by atoms with Crippen molar-refractivity contribution >= 4 is 5.69 Å². The molecule has 0 bridgehead atoms. The van der Waals surface area contributed by atoms with Gasteiger partial charge in [-0.3, -0.25) is 4.68 Å². The lowest BCUT2D eigenvalue weighted by atomic mass is 10.3. The Bertz CT molecular complexity index is 518. The molecule has 7 heteroatoms. The quantitative estimate of drug-likeness (QED) is 0.833. The SMILES string of the molecule is COc1cc(OC)nc(CCCn2cc(N)cn2)n1. The summed E-state index contributed by atoms with van der Waals surface area (Å²) in [5.74, 6) is 1.70. The molecule has 0 unspecified atom stereocenters. The highest BCUT2D eigenvalue weighted by Crippen LogP contribution is 2.15. The van der Waals surface area contributed by atoms with Crippen molar-refractivity contribution in [3.8, 4) is 11.8 Å². The van der Waals surface area contributed by atoms with E-state index in [0.29, 0.717) is 29.7 Å². The Kier molecular flexibility index (Phi) is 4.17. The predicted octanol–water partition coefficient (Wildman–Crippen LogP) is 0.905. The third-order valence-electron chi connectivity index (χ3n) is 2.58. The Morgan fingerprint density at radius 1 is 1.21 bits per heavy atom. The molecule has 19 heavy (non-hydrogen) atoms. The van der Waals surface area contributed by atoms with Crippen LogP contribution in [-0.2, 0) is 13.0 Å². The minimum absolute atomic E-state index is 0.505. The van der Waals surface area contributed by atoms with Crippen LogP contribution in [0.25, 0.3) is 0 Å². The molecule has 2 aromatic rings. The van der Waals surface area contributed by atoms with Crippen molar-refractivity contribution in [3.63, 3.8) is 0 Å². The molecule has 2 N–H and O–H groups in total. The third kappa shape index (κ3) is 3.57. The van der Waals surface area contributed by atoms with Crippen LogP contribution in [0.1, 0.15) is 12.2 Å². The fourth-order valence-electron chi connectivity index (χ4n) is 1.67. The number of methoxy groups -OCH3 is 2. The molecule has 0 spiro atoms. The molecule has 0 aliphatic heterocycles. The molecular formula is C12H17N5O2. The number of aryl methyl sites for hydroxylation is 2. The highest BCUT2D eigenvalue weighted by atomic mass is 16.5. The Morgan fingerprint density at radius 2 is 1.89 bits per heavy atom. The lowest BCUT2D eigenvalue weighted by Crippen LogP contribution is -2.04. The summed E-state index contributed by atoms with van der Waals surface area (Å²) in [4.78, 5) is 8.54. The van der Waals surface area contributed by atoms with Crippen LogP contribution in [0, 0.1) is 0 Å². The fraction of sp³-hybridized carbons (Fsp3) is 0.417. The van der Waals surface area contributed by atoms with Gasteiger partial charge < -0.3 is 15.2 Å². The first kappa shape index (κ1) is 13.1. The van der Waals surface area contributed by atoms with Gasteiger partial charge in [0.05, 0.1) is 32.2 Å². The van der Waals surface area contributed by atoms with Gasteiger partial charge in [-0.1, -0.05) is 0 Å². The average molecular weight is 263 g/mol. The van der Waals surface area contributed by atoms with E-state index in [1.807, 2.05) is 0 Å². The molecule has 0 fully saturated rings. The second-order valence-corrected chi connectivity index (χ2v) is 4.01. The molecular weight excluding hydrogens is 246 g/mol. The summed E-state index contributed by atoms with van der Waals surface area (Å²) in [6, 6.07) is 1.65. The molecule has 0 aliphatic rings. The lowest BCUT2D eigenvalue weighted by Gasteiger charge is -2.06. The van der Waals surface area contributed by atoms with Gasteiger partial charge in [0.15, 0.2) is 0 Å². The van der Waals surface area contributed by atoms with Gasteiger partial charge in [0.1, 0.15) is 5.82 Å². The van der Waals surface area contributed by atoms with E-state index in [1.54, 1.807) is 37.4 Å². The maximum absolute atomic E-state index is 5.60. The molecule has 7 nitrogen and oxygen atoms in total. The van der Waals surface area contributed by atoms with E-state index in [1.165, 1.54) is 0 Å². The van der Waals surface area contributed by atoms with Crippen molar-refractivity contribution in [2.75, 3.05) is 20.0 Å². The number of hydrogen-bond acceptors (Lipinski definition) is 6. The summed E-state index contributed by atoms with van der Waals surface area (Å²) in [7, 11) is 3.14. The molecule has 0 aliphatic carbocycles. The van der Waals surface area contributed by atoms with E-state index < -0.39 is 0 Å². The Hall–Kier alpha value is -2.31. The second-order valence-electron chi connectivity index (χ2n) is 4.01. The van der Waals surface area contributed by atoms with Crippen molar-refractivity contribution < 1.29 is 9.47 Å². The van der Waals surface area contributed by atoms with Gasteiger partial charge in [0.2, 0.25) is 11.8 Å². The molecule has 0 radical (unpaired) electrons. The largest absolute Gasteiger partial charge is 0.481 e. The first-order chi connectivity index (χ1) is 9.21. The van der Waals surface area contributed by atoms with Crippen molar-refractivity contribution in [2.45, 2.75) is 19.4 Å². The third-order valence-corrected chi connectivity index (χ3v) is 2.58. The van der Waals surface area contributed by atoms with E-state index in [4.69, 9.17) is 15.2 Å². The van der Waals surface area contributed by atoms with Crippen LogP contribution in [0.2, 0.25) is 0 Å². The smallest absolute Gasteiger partial charge is 0.220 e. The number of nitrogens with two attached hydrogens (primary N) is 1. The number of nitrogens with zero attached hydrogens (tertiary/aromatic N) is 4. The predicted molar refractivity (Wildman–Crippen MR) is 70.1 cm³/mol. The molecule has 2 aromatic heterocycles. The zero-order valence-electron chi connectivity index (χ0n) is 11.0. The first-order valence-electron chi connectivity index (χ1n) is 5.95.